The van der Waals surface area contributed by atoms with Crippen LogP contribution in [-0.4, -0.2) is 4.57 Å². The van der Waals surface area contributed by atoms with Gasteiger partial charge in [0.05, 0.1) is 11.0 Å². The number of fused-ring (bicyclic) bond motifs is 12. The molecular formula is C53H35NS. The van der Waals surface area contributed by atoms with E-state index in [0.29, 0.717) is 0 Å². The zero-order chi connectivity index (χ0) is 36.4. The van der Waals surface area contributed by atoms with Gasteiger partial charge in [0.1, 0.15) is 0 Å². The highest BCUT2D eigenvalue weighted by molar-refractivity contribution is 7.25. The SMILES string of the molecule is CC1(C)c2cc(-n3c4ccc(-c5ccc6ccccc6c5)cc4c4cc(-c5ccc6ccccc6c5)ccc43)ccc2-c2ccc3sc4ccccc4c3c21. The van der Waals surface area contributed by atoms with Crippen LogP contribution in [0.15, 0.2) is 176 Å². The van der Waals surface area contributed by atoms with Gasteiger partial charge in [0, 0.05) is 42.0 Å². The van der Waals surface area contributed by atoms with Crippen LogP contribution in [0.1, 0.15) is 25.0 Å². The highest BCUT2D eigenvalue weighted by atomic mass is 32.1. The van der Waals surface area contributed by atoms with Crippen LogP contribution in [0.2, 0.25) is 0 Å². The summed E-state index contributed by atoms with van der Waals surface area (Å²) < 4.78 is 5.22. The second-order valence-corrected chi connectivity index (χ2v) is 16.8. The third-order valence-corrected chi connectivity index (χ3v) is 13.5. The number of nitrogens with zero attached hydrogens (tertiary/aromatic N) is 1. The van der Waals surface area contributed by atoms with E-state index in [1.54, 1.807) is 0 Å². The number of rotatable bonds is 3. The summed E-state index contributed by atoms with van der Waals surface area (Å²) in [5.74, 6) is 0. The van der Waals surface area contributed by atoms with Crippen molar-refractivity contribution >= 4 is 74.9 Å². The first-order chi connectivity index (χ1) is 27.0. The van der Waals surface area contributed by atoms with E-state index < -0.39 is 0 Å². The Morgan fingerprint density at radius 1 is 0.418 bits per heavy atom. The lowest BCUT2D eigenvalue weighted by atomic mass is 9.80. The number of hydrogen-bond acceptors (Lipinski definition) is 1. The molecule has 2 aromatic heterocycles. The van der Waals surface area contributed by atoms with Gasteiger partial charge in [0.15, 0.2) is 0 Å². The predicted molar refractivity (Wildman–Crippen MR) is 237 cm³/mol. The first-order valence-corrected chi connectivity index (χ1v) is 20.0. The molecule has 0 amide bonds. The van der Waals surface area contributed by atoms with Crippen molar-refractivity contribution in [1.82, 2.24) is 4.57 Å². The zero-order valence-electron chi connectivity index (χ0n) is 30.6. The lowest BCUT2D eigenvalue weighted by Crippen LogP contribution is -2.15. The summed E-state index contributed by atoms with van der Waals surface area (Å²) in [6.07, 6.45) is 0. The number of hydrogen-bond donors (Lipinski definition) is 0. The average molecular weight is 718 g/mol. The molecule has 0 saturated heterocycles. The predicted octanol–water partition coefficient (Wildman–Crippen LogP) is 15.1. The van der Waals surface area contributed by atoms with Crippen molar-refractivity contribution < 1.29 is 0 Å². The summed E-state index contributed by atoms with van der Waals surface area (Å²) in [6.45, 7) is 4.84. The van der Waals surface area contributed by atoms with Gasteiger partial charge in [-0.15, -0.1) is 11.3 Å². The Morgan fingerprint density at radius 2 is 0.964 bits per heavy atom. The molecule has 0 N–H and O–H groups in total. The van der Waals surface area contributed by atoms with Crippen LogP contribution in [-0.2, 0) is 5.41 Å². The summed E-state index contributed by atoms with van der Waals surface area (Å²) in [4.78, 5) is 0. The maximum absolute atomic E-state index is 2.49. The second kappa shape index (κ2) is 11.3. The van der Waals surface area contributed by atoms with E-state index in [-0.39, 0.29) is 5.41 Å². The zero-order valence-corrected chi connectivity index (χ0v) is 31.4. The topological polar surface area (TPSA) is 4.93 Å². The van der Waals surface area contributed by atoms with E-state index in [1.807, 2.05) is 11.3 Å². The Morgan fingerprint density at radius 3 is 1.62 bits per heavy atom. The molecule has 1 aliphatic carbocycles. The maximum atomic E-state index is 2.49. The number of aromatic nitrogens is 1. The summed E-state index contributed by atoms with van der Waals surface area (Å²) in [6, 6.07) is 65.8. The van der Waals surface area contributed by atoms with Gasteiger partial charge < -0.3 is 4.57 Å². The Labute approximate surface area is 323 Å². The molecule has 9 aromatic carbocycles. The van der Waals surface area contributed by atoms with Crippen LogP contribution in [0.4, 0.5) is 0 Å². The van der Waals surface area contributed by atoms with E-state index in [1.165, 1.54) is 114 Å². The van der Waals surface area contributed by atoms with Gasteiger partial charge in [-0.25, -0.2) is 0 Å². The van der Waals surface area contributed by atoms with E-state index in [2.05, 4.69) is 194 Å². The fourth-order valence-electron chi connectivity index (χ4n) is 9.65. The van der Waals surface area contributed by atoms with E-state index in [0.717, 1.165) is 0 Å². The van der Waals surface area contributed by atoms with Crippen LogP contribution < -0.4 is 0 Å². The molecule has 55 heavy (non-hydrogen) atoms. The third-order valence-electron chi connectivity index (χ3n) is 12.3. The van der Waals surface area contributed by atoms with Crippen molar-refractivity contribution in [2.45, 2.75) is 19.3 Å². The fraction of sp³-hybridized carbons (Fsp3) is 0.0566. The molecule has 258 valence electrons. The molecule has 2 heterocycles. The lowest BCUT2D eigenvalue weighted by Gasteiger charge is -2.23. The lowest BCUT2D eigenvalue weighted by molar-refractivity contribution is 0.666. The van der Waals surface area contributed by atoms with Gasteiger partial charge in [0.2, 0.25) is 0 Å². The molecule has 0 unspecified atom stereocenters. The van der Waals surface area contributed by atoms with Crippen molar-refractivity contribution in [3.8, 4) is 39.1 Å². The largest absolute Gasteiger partial charge is 0.309 e. The van der Waals surface area contributed by atoms with Crippen molar-refractivity contribution in [1.29, 1.82) is 0 Å². The van der Waals surface area contributed by atoms with Gasteiger partial charge in [0.25, 0.3) is 0 Å². The van der Waals surface area contributed by atoms with E-state index in [4.69, 9.17) is 0 Å². The van der Waals surface area contributed by atoms with Crippen molar-refractivity contribution in [2.75, 3.05) is 0 Å². The maximum Gasteiger partial charge on any atom is 0.0541 e. The third kappa shape index (κ3) is 4.46. The fourth-order valence-corrected chi connectivity index (χ4v) is 10.8. The molecular weight excluding hydrogens is 683 g/mol. The first-order valence-electron chi connectivity index (χ1n) is 19.2. The average Bonchev–Trinajstić information content (AvgIpc) is 3.84. The minimum Gasteiger partial charge on any atom is -0.309 e. The molecule has 0 bridgehead atoms. The highest BCUT2D eigenvalue weighted by Crippen LogP contribution is 2.54. The second-order valence-electron chi connectivity index (χ2n) is 15.7. The van der Waals surface area contributed by atoms with Crippen LogP contribution in [0, 0.1) is 0 Å². The standard InChI is InChI=1S/C53H35NS/c1-53(2)46-31-40(21-22-41(46)42-23-26-50-51(52(42)53)43-13-7-8-14-49(43)55-50)54-47-24-19-38(36-17-15-32-9-3-5-11-34(32)27-36)29-44(47)45-30-39(20-25-48(45)54)37-18-16-33-10-4-6-12-35(33)28-37/h3-31H,1-2H3. The van der Waals surface area contributed by atoms with Gasteiger partial charge in [-0.05, 0) is 127 Å². The molecule has 1 nitrogen and oxygen atoms in total. The first kappa shape index (κ1) is 30.9. The van der Waals surface area contributed by atoms with Crippen molar-refractivity contribution in [3.05, 3.63) is 187 Å². The molecule has 0 fully saturated rings. The summed E-state index contributed by atoms with van der Waals surface area (Å²) in [5.41, 5.74) is 14.0. The van der Waals surface area contributed by atoms with Crippen LogP contribution in [0.3, 0.4) is 0 Å². The highest BCUT2D eigenvalue weighted by Gasteiger charge is 2.38. The Kier molecular flexibility index (Phi) is 6.34. The minimum atomic E-state index is -0.157. The molecule has 0 spiro atoms. The Balaban J connectivity index is 1.08. The van der Waals surface area contributed by atoms with Gasteiger partial charge >= 0.3 is 0 Å². The summed E-state index contributed by atoms with van der Waals surface area (Å²) >= 11 is 1.91. The van der Waals surface area contributed by atoms with Crippen molar-refractivity contribution in [2.24, 2.45) is 0 Å². The molecule has 0 aliphatic heterocycles. The van der Waals surface area contributed by atoms with Gasteiger partial charge in [-0.2, -0.15) is 0 Å². The summed E-state index contributed by atoms with van der Waals surface area (Å²) in [7, 11) is 0. The molecule has 0 radical (unpaired) electrons. The molecule has 2 heteroatoms. The number of thiophene rings is 1. The van der Waals surface area contributed by atoms with Crippen molar-refractivity contribution in [3.63, 3.8) is 0 Å². The van der Waals surface area contributed by atoms with Crippen LogP contribution in [0.5, 0.6) is 0 Å². The molecule has 12 rings (SSSR count). The minimum absolute atomic E-state index is 0.157. The molecule has 1 aliphatic rings. The van der Waals surface area contributed by atoms with Crippen LogP contribution in [0.25, 0.3) is 103 Å². The smallest absolute Gasteiger partial charge is 0.0541 e. The Hall–Kier alpha value is -6.48. The monoisotopic (exact) mass is 717 g/mol. The van der Waals surface area contributed by atoms with E-state index >= 15 is 0 Å². The normalized spacial score (nSPS) is 13.4. The molecule has 11 aromatic rings. The van der Waals surface area contributed by atoms with Gasteiger partial charge in [-0.3, -0.25) is 0 Å². The Bertz CT molecular complexity index is 3270. The van der Waals surface area contributed by atoms with Gasteiger partial charge in [-0.1, -0.05) is 129 Å². The van der Waals surface area contributed by atoms with E-state index in [9.17, 15) is 0 Å². The number of benzene rings is 9. The summed E-state index contributed by atoms with van der Waals surface area (Å²) in [5, 5.41) is 10.4. The molecule has 0 atom stereocenters. The molecule has 0 saturated carbocycles. The quantitative estimate of drug-likeness (QED) is 0.171. The van der Waals surface area contributed by atoms with Crippen LogP contribution >= 0.6 is 11.3 Å².